The lowest BCUT2D eigenvalue weighted by Gasteiger charge is -2.33. The van der Waals surface area contributed by atoms with Crippen LogP contribution in [0.15, 0.2) is 24.3 Å². The Kier molecular flexibility index (Phi) is 6.47. The third-order valence-electron chi connectivity index (χ3n) is 6.65. The number of nitrogens with zero attached hydrogens (tertiary/aromatic N) is 4. The number of rotatable bonds is 5. The maximum atomic E-state index is 13.1. The number of hydrogen-bond donors (Lipinski definition) is 1. The van der Waals surface area contributed by atoms with Gasteiger partial charge in [0.15, 0.2) is 11.7 Å². The van der Waals surface area contributed by atoms with Crippen LogP contribution in [0.5, 0.6) is 0 Å². The summed E-state index contributed by atoms with van der Waals surface area (Å²) in [7, 11) is 2.03. The van der Waals surface area contributed by atoms with Gasteiger partial charge in [-0.1, -0.05) is 50.7 Å². The highest BCUT2D eigenvalue weighted by atomic mass is 16.2. The zero-order valence-corrected chi connectivity index (χ0v) is 17.8. The molecule has 6 heteroatoms. The van der Waals surface area contributed by atoms with E-state index in [1.807, 2.05) is 31.3 Å². The van der Waals surface area contributed by atoms with E-state index in [1.54, 1.807) is 0 Å². The first-order valence-corrected chi connectivity index (χ1v) is 11.4. The Bertz CT molecular complexity index is 925. The summed E-state index contributed by atoms with van der Waals surface area (Å²) in [6, 6.07) is 10.4. The molecule has 0 aliphatic heterocycles. The molecule has 0 unspecified atom stereocenters. The Balaban J connectivity index is 1.69. The molecular formula is C24H31N5O. The van der Waals surface area contributed by atoms with Gasteiger partial charge in [-0.05, 0) is 37.8 Å². The summed E-state index contributed by atoms with van der Waals surface area (Å²) in [6.07, 6.45) is 11.4. The average molecular weight is 406 g/mol. The lowest BCUT2D eigenvalue weighted by Crippen LogP contribution is -2.40. The number of carbonyl (C=O) groups excluding carboxylic acids is 1. The van der Waals surface area contributed by atoms with Crippen LogP contribution >= 0.6 is 0 Å². The number of para-hydroxylation sites is 2. The van der Waals surface area contributed by atoms with E-state index in [2.05, 4.69) is 16.3 Å². The molecule has 1 heterocycles. The Morgan fingerprint density at radius 3 is 2.27 bits per heavy atom. The fourth-order valence-corrected chi connectivity index (χ4v) is 4.87. The smallest absolute Gasteiger partial charge is 0.243 e. The van der Waals surface area contributed by atoms with Gasteiger partial charge in [0, 0.05) is 19.1 Å². The fourth-order valence-electron chi connectivity index (χ4n) is 4.87. The van der Waals surface area contributed by atoms with Gasteiger partial charge >= 0.3 is 0 Å². The van der Waals surface area contributed by atoms with Crippen molar-refractivity contribution in [3.05, 3.63) is 30.0 Å². The van der Waals surface area contributed by atoms with Crippen molar-refractivity contribution >= 4 is 22.8 Å². The summed E-state index contributed by atoms with van der Waals surface area (Å²) in [5.74, 6) is -0.525. The Morgan fingerprint density at radius 1 is 1.03 bits per heavy atom. The Labute approximate surface area is 178 Å². The molecule has 2 fully saturated rings. The van der Waals surface area contributed by atoms with E-state index in [-0.39, 0.29) is 11.9 Å². The molecule has 0 radical (unpaired) electrons. The van der Waals surface area contributed by atoms with Crippen molar-refractivity contribution in [3.63, 3.8) is 0 Å². The number of carbonyl (C=O) groups is 1. The second kappa shape index (κ2) is 9.42. The number of amides is 1. The number of aromatic nitrogens is 2. The van der Waals surface area contributed by atoms with Crippen molar-refractivity contribution in [2.75, 3.05) is 11.9 Å². The highest BCUT2D eigenvalue weighted by molar-refractivity contribution is 5.89. The lowest BCUT2D eigenvalue weighted by atomic mass is 9.93. The molecule has 2 aromatic rings. The van der Waals surface area contributed by atoms with E-state index >= 15 is 0 Å². The van der Waals surface area contributed by atoms with Crippen molar-refractivity contribution in [1.29, 1.82) is 5.26 Å². The van der Waals surface area contributed by atoms with Crippen LogP contribution in [0.25, 0.3) is 11.0 Å². The molecule has 6 nitrogen and oxygen atoms in total. The van der Waals surface area contributed by atoms with Gasteiger partial charge in [0.05, 0.1) is 17.1 Å². The summed E-state index contributed by atoms with van der Waals surface area (Å²) in [6.45, 7) is 0. The van der Waals surface area contributed by atoms with Crippen LogP contribution in [0.3, 0.4) is 0 Å². The average Bonchev–Trinajstić information content (AvgIpc) is 2.80. The zero-order chi connectivity index (χ0) is 20.9. The number of hydrogen-bond acceptors (Lipinski definition) is 5. The number of nitrogens with one attached hydrogen (secondary N) is 1. The maximum absolute atomic E-state index is 13.1. The van der Waals surface area contributed by atoms with Crippen molar-refractivity contribution in [2.24, 2.45) is 0 Å². The van der Waals surface area contributed by atoms with Gasteiger partial charge in [0.1, 0.15) is 5.69 Å². The van der Waals surface area contributed by atoms with E-state index < -0.39 is 5.92 Å². The molecule has 0 bridgehead atoms. The van der Waals surface area contributed by atoms with Crippen LogP contribution in [0.2, 0.25) is 0 Å². The van der Waals surface area contributed by atoms with Crippen molar-refractivity contribution in [1.82, 2.24) is 15.3 Å². The standard InChI is InChI=1S/C24H31N5O/c1-29(18-12-6-3-7-13-18)23-22(27-20-14-8-9-15-21(20)28-23)19(16-25)24(30)26-17-10-4-2-5-11-17/h8-9,14-15,17-19H,2-7,10-13H2,1H3,(H,26,30)/t19-/m0/s1. The predicted octanol–water partition coefficient (Wildman–Crippen LogP) is 4.45. The highest BCUT2D eigenvalue weighted by Gasteiger charge is 2.31. The van der Waals surface area contributed by atoms with Gasteiger partial charge in [-0.3, -0.25) is 4.79 Å². The van der Waals surface area contributed by atoms with Crippen LogP contribution < -0.4 is 10.2 Å². The third-order valence-corrected chi connectivity index (χ3v) is 6.65. The predicted molar refractivity (Wildman–Crippen MR) is 118 cm³/mol. The van der Waals surface area contributed by atoms with Crippen LogP contribution in [0, 0.1) is 11.3 Å². The largest absolute Gasteiger partial charge is 0.355 e. The molecule has 2 aliphatic carbocycles. The summed E-state index contributed by atoms with van der Waals surface area (Å²) in [5, 5.41) is 13.1. The summed E-state index contributed by atoms with van der Waals surface area (Å²) in [4.78, 5) is 24.9. The number of anilines is 1. The molecule has 1 aromatic heterocycles. The first-order valence-electron chi connectivity index (χ1n) is 11.4. The molecule has 0 spiro atoms. The van der Waals surface area contributed by atoms with E-state index in [4.69, 9.17) is 9.97 Å². The molecule has 1 N–H and O–H groups in total. The highest BCUT2D eigenvalue weighted by Crippen LogP contribution is 2.31. The van der Waals surface area contributed by atoms with Gasteiger partial charge in [0.25, 0.3) is 0 Å². The number of nitriles is 1. The molecule has 0 saturated heterocycles. The first-order chi connectivity index (χ1) is 14.7. The van der Waals surface area contributed by atoms with Crippen LogP contribution in [0.1, 0.15) is 75.8 Å². The minimum atomic E-state index is -0.954. The topological polar surface area (TPSA) is 81.9 Å². The van der Waals surface area contributed by atoms with Crippen molar-refractivity contribution in [2.45, 2.75) is 82.2 Å². The van der Waals surface area contributed by atoms with E-state index in [0.29, 0.717) is 17.6 Å². The van der Waals surface area contributed by atoms with Gasteiger partial charge in [-0.2, -0.15) is 5.26 Å². The van der Waals surface area contributed by atoms with Gasteiger partial charge < -0.3 is 10.2 Å². The molecule has 1 amide bonds. The minimum Gasteiger partial charge on any atom is -0.355 e. The molecule has 1 aromatic carbocycles. The zero-order valence-electron chi connectivity index (χ0n) is 17.8. The van der Waals surface area contributed by atoms with E-state index in [9.17, 15) is 10.1 Å². The fraction of sp³-hybridized carbons (Fsp3) is 0.583. The molecule has 4 rings (SSSR count). The monoisotopic (exact) mass is 405 g/mol. The summed E-state index contributed by atoms with van der Waals surface area (Å²) in [5.41, 5.74) is 2.00. The SMILES string of the molecule is CN(c1nc2ccccc2nc1[C@H](C#N)C(=O)NC1CCCCC1)C1CCCCC1. The second-order valence-electron chi connectivity index (χ2n) is 8.73. The van der Waals surface area contributed by atoms with Gasteiger partial charge in [-0.25, -0.2) is 9.97 Å². The summed E-state index contributed by atoms with van der Waals surface area (Å²) >= 11 is 0. The minimum absolute atomic E-state index is 0.162. The number of fused-ring (bicyclic) bond motifs is 1. The quantitative estimate of drug-likeness (QED) is 0.794. The molecule has 2 saturated carbocycles. The molecule has 1 atom stereocenters. The van der Waals surface area contributed by atoms with Gasteiger partial charge in [0.2, 0.25) is 5.91 Å². The summed E-state index contributed by atoms with van der Waals surface area (Å²) < 4.78 is 0. The molecular weight excluding hydrogens is 374 g/mol. The lowest BCUT2D eigenvalue weighted by molar-refractivity contribution is -0.122. The van der Waals surface area contributed by atoms with Gasteiger partial charge in [-0.15, -0.1) is 0 Å². The van der Waals surface area contributed by atoms with Crippen molar-refractivity contribution < 1.29 is 4.79 Å². The maximum Gasteiger partial charge on any atom is 0.243 e. The number of benzene rings is 1. The molecule has 158 valence electrons. The normalized spacial score (nSPS) is 19.2. The van der Waals surface area contributed by atoms with Crippen LogP contribution in [-0.2, 0) is 4.79 Å². The van der Waals surface area contributed by atoms with Crippen LogP contribution in [-0.4, -0.2) is 35.0 Å². The third kappa shape index (κ3) is 4.40. The second-order valence-corrected chi connectivity index (χ2v) is 8.73. The molecule has 2 aliphatic rings. The molecule has 30 heavy (non-hydrogen) atoms. The Hall–Kier alpha value is -2.68. The van der Waals surface area contributed by atoms with Crippen LogP contribution in [0.4, 0.5) is 5.82 Å². The van der Waals surface area contributed by atoms with E-state index in [0.717, 1.165) is 49.6 Å². The first kappa shape index (κ1) is 20.6. The van der Waals surface area contributed by atoms with Crippen molar-refractivity contribution in [3.8, 4) is 6.07 Å². The van der Waals surface area contributed by atoms with E-state index in [1.165, 1.54) is 25.7 Å². The Morgan fingerprint density at radius 2 is 1.63 bits per heavy atom.